The fourth-order valence-electron chi connectivity index (χ4n) is 4.93. The Morgan fingerprint density at radius 1 is 0.968 bits per heavy atom. The minimum atomic E-state index is 0.239. The lowest BCUT2D eigenvalue weighted by Gasteiger charge is -2.32. The largest absolute Gasteiger partial charge is 0.494 e. The van der Waals surface area contributed by atoms with Crippen molar-refractivity contribution in [2.24, 2.45) is 5.92 Å². The third kappa shape index (κ3) is 4.10. The van der Waals surface area contributed by atoms with Gasteiger partial charge in [0.05, 0.1) is 22.1 Å². The molecule has 5 nitrogen and oxygen atoms in total. The Bertz CT molecular complexity index is 1180. The molecule has 4 aromatic rings. The van der Waals surface area contributed by atoms with Crippen LogP contribution in [-0.4, -0.2) is 32.6 Å². The SMILES string of the molecule is Nc1c2ccccc2nc2cn(CCCC3CCN(Cc4ccccc4)CC3)c(O)c12. The number of aryl methyl sites for hydroxylation is 1. The number of nitrogen functional groups attached to an aromatic ring is 1. The molecule has 0 unspecified atom stereocenters. The number of aromatic nitrogens is 2. The van der Waals surface area contributed by atoms with Gasteiger partial charge in [0.2, 0.25) is 5.88 Å². The monoisotopic (exact) mass is 414 g/mol. The second-order valence-corrected chi connectivity index (χ2v) is 8.80. The third-order valence-electron chi connectivity index (χ3n) is 6.70. The van der Waals surface area contributed by atoms with Gasteiger partial charge in [-0.15, -0.1) is 0 Å². The second kappa shape index (κ2) is 8.60. The van der Waals surface area contributed by atoms with E-state index in [1.807, 2.05) is 35.0 Å². The minimum absolute atomic E-state index is 0.239. The summed E-state index contributed by atoms with van der Waals surface area (Å²) in [5.74, 6) is 1.01. The summed E-state index contributed by atoms with van der Waals surface area (Å²) >= 11 is 0. The molecule has 0 atom stereocenters. The fraction of sp³-hybridized carbons (Fsp3) is 0.346. The van der Waals surface area contributed by atoms with Crippen LogP contribution in [0.15, 0.2) is 60.8 Å². The maximum absolute atomic E-state index is 10.8. The number of rotatable bonds is 6. The Labute approximate surface area is 183 Å². The van der Waals surface area contributed by atoms with Crippen molar-refractivity contribution in [2.75, 3.05) is 18.8 Å². The van der Waals surface area contributed by atoms with E-state index in [2.05, 4.69) is 35.2 Å². The number of aromatic hydroxyl groups is 1. The molecular formula is C26H30N4O. The molecule has 31 heavy (non-hydrogen) atoms. The minimum Gasteiger partial charge on any atom is -0.494 e. The maximum atomic E-state index is 10.8. The van der Waals surface area contributed by atoms with Crippen molar-refractivity contribution in [1.29, 1.82) is 0 Å². The van der Waals surface area contributed by atoms with Crippen molar-refractivity contribution in [1.82, 2.24) is 14.5 Å². The average molecular weight is 415 g/mol. The van der Waals surface area contributed by atoms with Gasteiger partial charge >= 0.3 is 0 Å². The average Bonchev–Trinajstić information content (AvgIpc) is 3.11. The molecule has 0 radical (unpaired) electrons. The molecule has 5 rings (SSSR count). The number of anilines is 1. The number of hydrogen-bond acceptors (Lipinski definition) is 4. The molecule has 1 saturated heterocycles. The van der Waals surface area contributed by atoms with E-state index in [-0.39, 0.29) is 5.88 Å². The van der Waals surface area contributed by atoms with Gasteiger partial charge in [-0.25, -0.2) is 4.98 Å². The summed E-state index contributed by atoms with van der Waals surface area (Å²) in [5.41, 5.74) is 10.0. The van der Waals surface area contributed by atoms with E-state index in [0.717, 1.165) is 41.8 Å². The molecule has 0 aliphatic carbocycles. The van der Waals surface area contributed by atoms with Gasteiger partial charge in [-0.3, -0.25) is 4.90 Å². The first kappa shape index (κ1) is 19.9. The predicted molar refractivity (Wildman–Crippen MR) is 127 cm³/mol. The number of fused-ring (bicyclic) bond motifs is 2. The lowest BCUT2D eigenvalue weighted by molar-refractivity contribution is 0.170. The molecule has 2 aromatic carbocycles. The van der Waals surface area contributed by atoms with E-state index in [1.54, 1.807) is 0 Å². The van der Waals surface area contributed by atoms with Gasteiger partial charge in [0.15, 0.2) is 0 Å². The lowest BCUT2D eigenvalue weighted by Crippen LogP contribution is -2.33. The highest BCUT2D eigenvalue weighted by molar-refractivity contribution is 6.08. The summed E-state index contributed by atoms with van der Waals surface area (Å²) in [6.45, 7) is 4.19. The number of piperidine rings is 1. The standard InChI is InChI=1S/C26H30N4O/c27-25-21-10-4-5-11-22(21)28-23-18-30(26(31)24(23)25)14-6-9-19-12-15-29(16-13-19)17-20-7-2-1-3-8-20/h1-5,7-8,10-11,18-19,31H,6,9,12-17,27H2. The summed E-state index contributed by atoms with van der Waals surface area (Å²) in [6.07, 6.45) is 6.70. The van der Waals surface area contributed by atoms with Crippen LogP contribution in [0.25, 0.3) is 21.8 Å². The predicted octanol–water partition coefficient (Wildman–Crippen LogP) is 5.17. The van der Waals surface area contributed by atoms with Gasteiger partial charge < -0.3 is 15.4 Å². The van der Waals surface area contributed by atoms with Crippen molar-refractivity contribution in [3.63, 3.8) is 0 Å². The van der Waals surface area contributed by atoms with Crippen LogP contribution in [-0.2, 0) is 13.1 Å². The highest BCUT2D eigenvalue weighted by Gasteiger charge is 2.20. The molecule has 0 amide bonds. The van der Waals surface area contributed by atoms with Crippen LogP contribution >= 0.6 is 0 Å². The molecule has 0 saturated carbocycles. The number of nitrogens with two attached hydrogens (primary N) is 1. The van der Waals surface area contributed by atoms with Crippen molar-refractivity contribution in [3.05, 3.63) is 66.4 Å². The topological polar surface area (TPSA) is 67.3 Å². The zero-order valence-corrected chi connectivity index (χ0v) is 17.9. The van der Waals surface area contributed by atoms with E-state index >= 15 is 0 Å². The number of pyridine rings is 1. The number of benzene rings is 2. The maximum Gasteiger partial charge on any atom is 0.202 e. The van der Waals surface area contributed by atoms with Crippen molar-refractivity contribution in [2.45, 2.75) is 38.8 Å². The molecule has 0 spiro atoms. The highest BCUT2D eigenvalue weighted by atomic mass is 16.3. The van der Waals surface area contributed by atoms with Crippen LogP contribution < -0.4 is 5.73 Å². The quantitative estimate of drug-likeness (QED) is 0.457. The van der Waals surface area contributed by atoms with E-state index in [4.69, 9.17) is 10.7 Å². The third-order valence-corrected chi connectivity index (χ3v) is 6.70. The molecule has 0 bridgehead atoms. The number of para-hydroxylation sites is 1. The first-order chi connectivity index (χ1) is 15.2. The Hall–Kier alpha value is -3.05. The second-order valence-electron chi connectivity index (χ2n) is 8.80. The molecule has 3 N–H and O–H groups in total. The van der Waals surface area contributed by atoms with Gasteiger partial charge in [0.1, 0.15) is 0 Å². The smallest absolute Gasteiger partial charge is 0.202 e. The van der Waals surface area contributed by atoms with Gasteiger partial charge in [-0.1, -0.05) is 48.5 Å². The Kier molecular flexibility index (Phi) is 5.51. The summed E-state index contributed by atoms with van der Waals surface area (Å²) in [6, 6.07) is 18.6. The van der Waals surface area contributed by atoms with Gasteiger partial charge in [0, 0.05) is 24.7 Å². The first-order valence-corrected chi connectivity index (χ1v) is 11.3. The van der Waals surface area contributed by atoms with Crippen LogP contribution in [0.3, 0.4) is 0 Å². The summed E-state index contributed by atoms with van der Waals surface area (Å²) in [4.78, 5) is 7.26. The first-order valence-electron chi connectivity index (χ1n) is 11.3. The molecule has 1 fully saturated rings. The zero-order chi connectivity index (χ0) is 21.2. The Balaban J connectivity index is 1.18. The number of likely N-dealkylation sites (tertiary alicyclic amines) is 1. The molecule has 160 valence electrons. The van der Waals surface area contributed by atoms with Crippen LogP contribution in [0.2, 0.25) is 0 Å². The van der Waals surface area contributed by atoms with Crippen LogP contribution in [0.1, 0.15) is 31.2 Å². The summed E-state index contributed by atoms with van der Waals surface area (Å²) in [7, 11) is 0. The highest BCUT2D eigenvalue weighted by Crippen LogP contribution is 2.36. The van der Waals surface area contributed by atoms with E-state index < -0.39 is 0 Å². The molecule has 1 aliphatic rings. The molecule has 3 heterocycles. The van der Waals surface area contributed by atoms with E-state index in [9.17, 15) is 5.11 Å². The number of hydrogen-bond donors (Lipinski definition) is 2. The zero-order valence-electron chi connectivity index (χ0n) is 17.9. The Morgan fingerprint density at radius 2 is 1.71 bits per heavy atom. The van der Waals surface area contributed by atoms with E-state index in [1.165, 1.54) is 37.9 Å². The molecule has 5 heteroatoms. The van der Waals surface area contributed by atoms with Gasteiger partial charge in [0.25, 0.3) is 0 Å². The molecular weight excluding hydrogens is 384 g/mol. The van der Waals surface area contributed by atoms with Crippen molar-refractivity contribution >= 4 is 27.5 Å². The Morgan fingerprint density at radius 3 is 2.52 bits per heavy atom. The van der Waals surface area contributed by atoms with Crippen LogP contribution in [0.4, 0.5) is 5.69 Å². The van der Waals surface area contributed by atoms with Crippen molar-refractivity contribution in [3.8, 4) is 5.88 Å². The van der Waals surface area contributed by atoms with Gasteiger partial charge in [-0.05, 0) is 56.3 Å². The fourth-order valence-corrected chi connectivity index (χ4v) is 4.93. The van der Waals surface area contributed by atoms with Crippen LogP contribution in [0.5, 0.6) is 5.88 Å². The summed E-state index contributed by atoms with van der Waals surface area (Å²) in [5, 5.41) is 12.3. The molecule has 1 aliphatic heterocycles. The lowest BCUT2D eigenvalue weighted by atomic mass is 9.92. The van der Waals surface area contributed by atoms with Crippen molar-refractivity contribution < 1.29 is 5.11 Å². The summed E-state index contributed by atoms with van der Waals surface area (Å²) < 4.78 is 1.91. The van der Waals surface area contributed by atoms with E-state index in [0.29, 0.717) is 11.1 Å². The normalized spacial score (nSPS) is 15.7. The van der Waals surface area contributed by atoms with Gasteiger partial charge in [-0.2, -0.15) is 0 Å². The van der Waals surface area contributed by atoms with Crippen LogP contribution in [0, 0.1) is 5.92 Å². The number of nitrogens with zero attached hydrogens (tertiary/aromatic N) is 3. The molecule has 2 aromatic heterocycles.